The first-order valence-corrected chi connectivity index (χ1v) is 11.4. The van der Waals surface area contributed by atoms with E-state index in [-0.39, 0.29) is 20.7 Å². The number of hydrogen-bond donors (Lipinski definition) is 1. The quantitative estimate of drug-likeness (QED) is 0.543. The third kappa shape index (κ3) is 2.27. The molecule has 1 N–H and O–H groups in total. The van der Waals surface area contributed by atoms with Crippen molar-refractivity contribution in [3.8, 4) is 0 Å². The zero-order chi connectivity index (χ0) is 17.3. The SMILES string of the molecule is COC(=O)c1cc[n+]2[se]c(C3(O)C4CC5CC(C4)CC3C5)c(Br)c2c1. The number of hydrogen-bond acceptors (Lipinski definition) is 3. The number of aromatic nitrogens is 1. The molecule has 4 fully saturated rings. The fraction of sp³-hybridized carbons (Fsp3) is 0.579. The summed E-state index contributed by atoms with van der Waals surface area (Å²) in [6.45, 7) is 0. The minimum absolute atomic E-state index is 0.0347. The van der Waals surface area contributed by atoms with Crippen LogP contribution in [0, 0.1) is 23.7 Å². The van der Waals surface area contributed by atoms with Gasteiger partial charge < -0.3 is 0 Å². The van der Waals surface area contributed by atoms with E-state index in [1.807, 2.05) is 12.3 Å². The van der Waals surface area contributed by atoms with E-state index in [2.05, 4.69) is 19.3 Å². The van der Waals surface area contributed by atoms with Crippen LogP contribution in [0.5, 0.6) is 0 Å². The first-order valence-electron chi connectivity index (χ1n) is 8.96. The molecule has 6 rings (SSSR count). The number of rotatable bonds is 2. The Morgan fingerprint density at radius 2 is 1.92 bits per heavy atom. The molecule has 4 nitrogen and oxygen atoms in total. The van der Waals surface area contributed by atoms with Crippen molar-refractivity contribution in [2.75, 3.05) is 7.11 Å². The van der Waals surface area contributed by atoms with Crippen LogP contribution in [0.25, 0.3) is 5.52 Å². The van der Waals surface area contributed by atoms with E-state index < -0.39 is 5.60 Å². The van der Waals surface area contributed by atoms with Gasteiger partial charge in [-0.1, -0.05) is 0 Å². The van der Waals surface area contributed by atoms with Gasteiger partial charge in [-0.05, 0) is 0 Å². The Balaban J connectivity index is 1.63. The molecule has 132 valence electrons. The van der Waals surface area contributed by atoms with Crippen LogP contribution in [0.1, 0.15) is 46.9 Å². The summed E-state index contributed by atoms with van der Waals surface area (Å²) in [5.41, 5.74) is 0.879. The number of nitrogens with zero attached hydrogens (tertiary/aromatic N) is 1. The molecule has 4 bridgehead atoms. The standard InChI is InChI=1S/C19H21BrNO3Se/c1-24-18(22)12-2-3-21-15(9-12)16(20)17(25-21)19(23)13-5-10-4-11(7-13)8-14(19)6-10/h2-3,9-11,13-14,23H,4-8H2,1H3/q+1. The molecule has 2 heterocycles. The number of ether oxygens (including phenoxy) is 1. The van der Waals surface area contributed by atoms with Crippen molar-refractivity contribution in [3.63, 3.8) is 0 Å². The van der Waals surface area contributed by atoms with Crippen LogP contribution in [0.15, 0.2) is 22.8 Å². The molecule has 25 heavy (non-hydrogen) atoms. The summed E-state index contributed by atoms with van der Waals surface area (Å²) in [7, 11) is 1.40. The number of aliphatic hydroxyl groups is 1. The molecule has 0 atom stereocenters. The summed E-state index contributed by atoms with van der Waals surface area (Å²) in [5.74, 6) is 2.15. The molecule has 0 spiro atoms. The van der Waals surface area contributed by atoms with Crippen LogP contribution in [0.4, 0.5) is 0 Å². The zero-order valence-corrected chi connectivity index (χ0v) is 17.4. The van der Waals surface area contributed by atoms with Crippen LogP contribution < -0.4 is 3.40 Å². The topological polar surface area (TPSA) is 50.6 Å². The van der Waals surface area contributed by atoms with Gasteiger partial charge in [-0.3, -0.25) is 0 Å². The molecule has 0 aromatic carbocycles. The Bertz CT molecular complexity index is 849. The fourth-order valence-corrected chi connectivity index (χ4v) is 9.58. The van der Waals surface area contributed by atoms with Crippen molar-refractivity contribution in [2.24, 2.45) is 23.7 Å². The molecular formula is C19H21BrNO3Se+. The average molecular weight is 470 g/mol. The molecule has 0 radical (unpaired) electrons. The second-order valence-electron chi connectivity index (χ2n) is 7.98. The van der Waals surface area contributed by atoms with Gasteiger partial charge in [0.15, 0.2) is 0 Å². The van der Waals surface area contributed by atoms with Crippen LogP contribution in [0.2, 0.25) is 0 Å². The van der Waals surface area contributed by atoms with Crippen molar-refractivity contribution in [2.45, 2.75) is 37.7 Å². The molecule has 0 saturated heterocycles. The summed E-state index contributed by atoms with van der Waals surface area (Å²) < 4.78 is 9.20. The second-order valence-corrected chi connectivity index (χ2v) is 10.8. The molecule has 2 aromatic heterocycles. The van der Waals surface area contributed by atoms with E-state index in [0.29, 0.717) is 17.4 Å². The van der Waals surface area contributed by atoms with Crippen LogP contribution >= 0.6 is 15.9 Å². The van der Waals surface area contributed by atoms with Gasteiger partial charge in [0.1, 0.15) is 0 Å². The van der Waals surface area contributed by atoms with Crippen LogP contribution in [-0.2, 0) is 10.3 Å². The molecule has 6 heteroatoms. The van der Waals surface area contributed by atoms with Gasteiger partial charge >= 0.3 is 161 Å². The van der Waals surface area contributed by atoms with E-state index in [0.717, 1.165) is 21.8 Å². The van der Waals surface area contributed by atoms with Gasteiger partial charge in [0.2, 0.25) is 0 Å². The number of halogens is 1. The van der Waals surface area contributed by atoms with E-state index in [1.54, 1.807) is 6.07 Å². The number of fused-ring (bicyclic) bond motifs is 1. The van der Waals surface area contributed by atoms with Gasteiger partial charge in [-0.2, -0.15) is 0 Å². The normalized spacial score (nSPS) is 36.1. The summed E-state index contributed by atoms with van der Waals surface area (Å²) in [5, 5.41) is 11.9. The Kier molecular flexibility index (Phi) is 3.73. The maximum atomic E-state index is 11.9. The molecule has 2 aromatic rings. The molecular weight excluding hydrogens is 449 g/mol. The van der Waals surface area contributed by atoms with E-state index >= 15 is 0 Å². The molecule has 4 saturated carbocycles. The molecule has 0 aliphatic heterocycles. The van der Waals surface area contributed by atoms with E-state index in [1.165, 1.54) is 43.7 Å². The van der Waals surface area contributed by atoms with Crippen LogP contribution in [-0.4, -0.2) is 32.9 Å². The number of pyridine rings is 1. The zero-order valence-electron chi connectivity index (χ0n) is 14.1. The second kappa shape index (κ2) is 5.66. The monoisotopic (exact) mass is 470 g/mol. The molecule has 4 aliphatic rings. The Morgan fingerprint density at radius 1 is 1.28 bits per heavy atom. The van der Waals surface area contributed by atoms with Crippen molar-refractivity contribution >= 4 is 42.1 Å². The number of methoxy groups -OCH3 is 1. The Hall–Kier alpha value is -0.681. The van der Waals surface area contributed by atoms with Gasteiger partial charge in [0.05, 0.1) is 0 Å². The van der Waals surface area contributed by atoms with Gasteiger partial charge in [-0.15, -0.1) is 0 Å². The van der Waals surface area contributed by atoms with E-state index in [4.69, 9.17) is 4.74 Å². The first kappa shape index (κ1) is 16.5. The number of carbonyl (C=O) groups is 1. The summed E-state index contributed by atoms with van der Waals surface area (Å²) in [4.78, 5) is 11.9. The molecule has 0 unspecified atom stereocenters. The minimum atomic E-state index is -0.663. The summed E-state index contributed by atoms with van der Waals surface area (Å²) in [6.07, 6.45) is 8.05. The number of carbonyl (C=O) groups excluding carboxylic acids is 1. The Labute approximate surface area is 161 Å². The average Bonchev–Trinajstić information content (AvgIpc) is 2.95. The van der Waals surface area contributed by atoms with Gasteiger partial charge in [0, 0.05) is 0 Å². The fourth-order valence-electron chi connectivity index (χ4n) is 5.75. The maximum absolute atomic E-state index is 11.9. The summed E-state index contributed by atoms with van der Waals surface area (Å²) in [6, 6.07) is 3.69. The van der Waals surface area contributed by atoms with Crippen LogP contribution in [0.3, 0.4) is 0 Å². The number of esters is 1. The Morgan fingerprint density at radius 3 is 2.52 bits per heavy atom. The van der Waals surface area contributed by atoms with Crippen molar-refractivity contribution < 1.29 is 18.0 Å². The third-order valence-electron chi connectivity index (χ3n) is 6.70. The first-order chi connectivity index (χ1) is 12.0. The molecule has 0 amide bonds. The van der Waals surface area contributed by atoms with Gasteiger partial charge in [-0.25, -0.2) is 0 Å². The summed E-state index contributed by atoms with van der Waals surface area (Å²) >= 11 is 3.81. The predicted molar refractivity (Wildman–Crippen MR) is 96.5 cm³/mol. The van der Waals surface area contributed by atoms with Crippen molar-refractivity contribution in [1.29, 1.82) is 0 Å². The van der Waals surface area contributed by atoms with E-state index in [9.17, 15) is 9.90 Å². The third-order valence-corrected chi connectivity index (χ3v) is 10.7. The molecule has 4 aliphatic carbocycles. The van der Waals surface area contributed by atoms with Crippen molar-refractivity contribution in [3.05, 3.63) is 32.8 Å². The van der Waals surface area contributed by atoms with Gasteiger partial charge in [0.25, 0.3) is 0 Å². The van der Waals surface area contributed by atoms with Crippen molar-refractivity contribution in [1.82, 2.24) is 0 Å². The predicted octanol–water partition coefficient (Wildman–Crippen LogP) is 2.68.